The molecule has 1 fully saturated rings. The largest absolute Gasteiger partial charge is 0.331 e. The van der Waals surface area contributed by atoms with Gasteiger partial charge in [-0.2, -0.15) is 13.3 Å². The van der Waals surface area contributed by atoms with Gasteiger partial charge in [0, 0.05) is 18.8 Å². The van der Waals surface area contributed by atoms with E-state index in [1.165, 1.54) is 6.42 Å². The molecule has 0 aromatic heterocycles. The van der Waals surface area contributed by atoms with E-state index in [9.17, 15) is 8.42 Å². The van der Waals surface area contributed by atoms with Crippen LogP contribution < -0.4 is 0 Å². The predicted octanol–water partition coefficient (Wildman–Crippen LogP) is 1.42. The number of nitrogens with zero attached hydrogens (tertiary/aromatic N) is 1. The second kappa shape index (κ2) is 5.60. The molecule has 0 aromatic rings. The van der Waals surface area contributed by atoms with Gasteiger partial charge in [-0.15, -0.1) is 0 Å². The van der Waals surface area contributed by atoms with Crippen molar-refractivity contribution >= 4 is 10.0 Å². The summed E-state index contributed by atoms with van der Waals surface area (Å²) in [6, 6.07) is 0. The smallest absolute Gasteiger partial charge is 0.211 e. The summed E-state index contributed by atoms with van der Waals surface area (Å²) in [5.74, 6) is 0.281. The number of hydrogen-bond acceptors (Lipinski definition) is 2. The van der Waals surface area contributed by atoms with E-state index in [1.54, 1.807) is 4.31 Å². The van der Waals surface area contributed by atoms with Gasteiger partial charge in [-0.05, 0) is 12.8 Å². The molecule has 14 heavy (non-hydrogen) atoms. The van der Waals surface area contributed by atoms with Crippen molar-refractivity contribution in [2.24, 2.45) is 0 Å². The van der Waals surface area contributed by atoms with Crippen LogP contribution in [0.5, 0.6) is 0 Å². The molecule has 0 aromatic carbocycles. The summed E-state index contributed by atoms with van der Waals surface area (Å²) in [6.07, 6.45) is 5.79. The normalized spacial score (nSPS) is 18.9. The van der Waals surface area contributed by atoms with Crippen molar-refractivity contribution in [2.45, 2.75) is 32.6 Å². The Morgan fingerprint density at radius 1 is 1.21 bits per heavy atom. The van der Waals surface area contributed by atoms with Gasteiger partial charge in [0.1, 0.15) is 0 Å². The summed E-state index contributed by atoms with van der Waals surface area (Å²) in [5, 5.41) is 0. The van der Waals surface area contributed by atoms with Crippen LogP contribution in [0.15, 0.2) is 0 Å². The van der Waals surface area contributed by atoms with E-state index in [4.69, 9.17) is 0 Å². The van der Waals surface area contributed by atoms with Crippen LogP contribution in [0, 0.1) is 6.42 Å². The monoisotopic (exact) mass is 466 g/mol. The first-order valence-electron chi connectivity index (χ1n) is 4.92. The molecule has 0 bridgehead atoms. The van der Waals surface area contributed by atoms with E-state index in [0.717, 1.165) is 25.9 Å². The molecule has 1 aliphatic heterocycles. The Morgan fingerprint density at radius 3 is 2.29 bits per heavy atom. The molecule has 1 rings (SSSR count). The Hall–Kier alpha value is -1.09. The topological polar surface area (TPSA) is 37.4 Å². The fourth-order valence-corrected chi connectivity index (χ4v) is 3.15. The maximum atomic E-state index is 11.7. The molecule has 1 aliphatic rings. The minimum Gasteiger partial charge on any atom is -0.331 e. The molecule has 0 spiro atoms. The minimum atomic E-state index is -2.94. The maximum absolute atomic E-state index is 11.7. The molecule has 0 aliphatic carbocycles. The van der Waals surface area contributed by atoms with Gasteiger partial charge in [0.25, 0.3) is 0 Å². The molecule has 0 unspecified atom stereocenters. The second-order valence-corrected chi connectivity index (χ2v) is 5.56. The molecular formula is C9H18LrNO2S-. The zero-order valence-electron chi connectivity index (χ0n) is 8.46. The van der Waals surface area contributed by atoms with Gasteiger partial charge in [0.2, 0.25) is 10.0 Å². The van der Waals surface area contributed by atoms with E-state index in [2.05, 4.69) is 0 Å². The molecule has 0 amide bonds. The number of piperidine rings is 1. The maximum Gasteiger partial charge on any atom is 0.211 e. The number of rotatable bonds is 4. The summed E-state index contributed by atoms with van der Waals surface area (Å²) < 4.78 is 24.9. The Kier molecular flexibility index (Phi) is 5.16. The average molecular weight is 466 g/mol. The van der Waals surface area contributed by atoms with Crippen molar-refractivity contribution < 1.29 is 8.42 Å². The summed E-state index contributed by atoms with van der Waals surface area (Å²) in [7, 11) is -2.94. The van der Waals surface area contributed by atoms with E-state index >= 15 is 0 Å². The summed E-state index contributed by atoms with van der Waals surface area (Å²) in [6.45, 7) is 3.35. The van der Waals surface area contributed by atoms with Gasteiger partial charge in [0.15, 0.2) is 0 Å². The SMILES string of the molecule is C[CH-]CCS(=O)(=O)N1CCCCC1.[Lr]. The number of sulfonamides is 1. The van der Waals surface area contributed by atoms with Crippen LogP contribution in [-0.2, 0) is 10.0 Å². The molecular weight excluding hydrogens is 448 g/mol. The summed E-state index contributed by atoms with van der Waals surface area (Å²) in [5.41, 5.74) is 0. The van der Waals surface area contributed by atoms with E-state index < -0.39 is 10.0 Å². The standard InChI is InChI=1S/C9H18NO2S.Lr/c1-2-3-9-13(11,12)10-7-5-4-6-8-10;/h2H,3-9H2,1H3;/q-1;. The van der Waals surface area contributed by atoms with Crippen LogP contribution in [0.3, 0.4) is 0 Å². The summed E-state index contributed by atoms with van der Waals surface area (Å²) >= 11 is 0. The Balaban J connectivity index is 0.00000169. The molecule has 3 nitrogen and oxygen atoms in total. The quantitative estimate of drug-likeness (QED) is 0.588. The fourth-order valence-electron chi connectivity index (χ4n) is 1.54. The van der Waals surface area contributed by atoms with Gasteiger partial charge < -0.3 is 6.42 Å². The van der Waals surface area contributed by atoms with E-state index in [0.29, 0.717) is 6.42 Å². The van der Waals surface area contributed by atoms with Crippen molar-refractivity contribution in [1.82, 2.24) is 4.31 Å². The summed E-state index contributed by atoms with van der Waals surface area (Å²) in [4.78, 5) is 0. The van der Waals surface area contributed by atoms with Crippen LogP contribution in [0.4, 0.5) is 0 Å². The number of hydrogen-bond donors (Lipinski definition) is 0. The van der Waals surface area contributed by atoms with E-state index in [1.807, 2.05) is 13.3 Å². The van der Waals surface area contributed by atoms with Crippen molar-refractivity contribution in [2.75, 3.05) is 18.8 Å². The van der Waals surface area contributed by atoms with Gasteiger partial charge in [-0.3, -0.25) is 0 Å². The van der Waals surface area contributed by atoms with Crippen LogP contribution >= 0.6 is 0 Å². The fraction of sp³-hybridized carbons (Fsp3) is 0.889. The zero-order valence-corrected chi connectivity index (χ0v) is 11.4. The van der Waals surface area contributed by atoms with Crippen molar-refractivity contribution in [1.29, 1.82) is 0 Å². The molecule has 0 saturated carbocycles. The third-order valence-corrected chi connectivity index (χ3v) is 4.28. The van der Waals surface area contributed by atoms with Crippen LogP contribution in [0.1, 0.15) is 32.6 Å². The second-order valence-electron chi connectivity index (χ2n) is 3.47. The third-order valence-electron chi connectivity index (χ3n) is 2.37. The van der Waals surface area contributed by atoms with Crippen LogP contribution in [0.25, 0.3) is 0 Å². The van der Waals surface area contributed by atoms with E-state index in [-0.39, 0.29) is 5.75 Å². The minimum absolute atomic E-state index is 0. The van der Waals surface area contributed by atoms with Crippen molar-refractivity contribution in [3.05, 3.63) is 6.42 Å². The van der Waals surface area contributed by atoms with Crippen LogP contribution in [-0.4, -0.2) is 31.6 Å². The molecule has 0 N–H and O–H groups in total. The average Bonchev–Trinajstić information content (AvgIpc) is 2.16. The molecule has 1 heterocycles. The van der Waals surface area contributed by atoms with Gasteiger partial charge >= 0.3 is 0 Å². The van der Waals surface area contributed by atoms with Crippen LogP contribution in [0.2, 0.25) is 0 Å². The third kappa shape index (κ3) is 3.34. The first-order valence-corrected chi connectivity index (χ1v) is 6.53. The van der Waals surface area contributed by atoms with Gasteiger partial charge in [0.05, 0.1) is 0 Å². The van der Waals surface area contributed by atoms with Gasteiger partial charge in [-0.25, -0.2) is 12.7 Å². The molecule has 1 saturated heterocycles. The Labute approximate surface area is 81.2 Å². The predicted molar refractivity (Wildman–Crippen MR) is 53.8 cm³/mol. The van der Waals surface area contributed by atoms with Crippen molar-refractivity contribution in [3.63, 3.8) is 0 Å². The molecule has 0 atom stereocenters. The zero-order chi connectivity index (χ0) is 9.73. The number of unbranched alkanes of at least 4 members (excludes halogenated alkanes) is 1. The molecule has 1 radical (unpaired) electrons. The molecule has 5 heteroatoms. The van der Waals surface area contributed by atoms with Crippen molar-refractivity contribution in [3.8, 4) is 0 Å². The molecule has 93 valence electrons. The Bertz CT molecular complexity index is 235. The first kappa shape index (κ1) is 12.9. The first-order chi connectivity index (χ1) is 6.17. The Morgan fingerprint density at radius 2 is 1.79 bits per heavy atom. The van der Waals surface area contributed by atoms with Gasteiger partial charge in [-0.1, -0.05) is 6.42 Å².